The normalized spacial score (nSPS) is 11.5. The van der Waals surface area contributed by atoms with E-state index in [4.69, 9.17) is 9.84 Å². The molecule has 0 spiro atoms. The number of nitrogens with one attached hydrogen (secondary N) is 2. The van der Waals surface area contributed by atoms with Crippen molar-refractivity contribution in [1.29, 1.82) is 0 Å². The number of carboxylic acid groups (broad SMARTS) is 1. The van der Waals surface area contributed by atoms with Crippen LogP contribution in [0.5, 0.6) is 5.75 Å². The van der Waals surface area contributed by atoms with Gasteiger partial charge < -0.3 is 20.5 Å². The third-order valence-corrected chi connectivity index (χ3v) is 4.51. The van der Waals surface area contributed by atoms with Crippen molar-refractivity contribution in [2.45, 2.75) is 79.7 Å². The SMILES string of the molecule is C#C.CC.CC(C)C.CCC(=O)C(CC(=O)O)NC(=O)CNC(=O)CCOc1cccc2c1C=CCC2. The van der Waals surface area contributed by atoms with Crippen LogP contribution in [0.4, 0.5) is 0 Å². The van der Waals surface area contributed by atoms with Crippen LogP contribution in [-0.4, -0.2) is 47.9 Å². The molecule has 206 valence electrons. The number of rotatable bonds is 11. The molecule has 1 unspecified atom stereocenters. The third kappa shape index (κ3) is 16.7. The highest BCUT2D eigenvalue weighted by Crippen LogP contribution is 2.28. The average Bonchev–Trinajstić information content (AvgIpc) is 2.88. The van der Waals surface area contributed by atoms with E-state index in [1.807, 2.05) is 32.1 Å². The molecule has 1 aliphatic carbocycles. The van der Waals surface area contributed by atoms with Gasteiger partial charge in [0.05, 0.1) is 32.0 Å². The van der Waals surface area contributed by atoms with Crippen molar-refractivity contribution in [3.05, 3.63) is 35.4 Å². The lowest BCUT2D eigenvalue weighted by molar-refractivity contribution is -0.140. The van der Waals surface area contributed by atoms with Crippen LogP contribution < -0.4 is 15.4 Å². The quantitative estimate of drug-likeness (QED) is 0.375. The van der Waals surface area contributed by atoms with Gasteiger partial charge in [-0.2, -0.15) is 0 Å². The molecular formula is C29H44N2O6. The Morgan fingerprint density at radius 1 is 1.08 bits per heavy atom. The Morgan fingerprint density at radius 2 is 1.70 bits per heavy atom. The number of ketones is 1. The van der Waals surface area contributed by atoms with Crippen LogP contribution in [0, 0.1) is 18.8 Å². The zero-order chi connectivity index (χ0) is 28.8. The fourth-order valence-corrected chi connectivity index (χ4v) is 3.00. The molecule has 8 nitrogen and oxygen atoms in total. The number of aryl methyl sites for hydroxylation is 1. The largest absolute Gasteiger partial charge is 0.492 e. The molecule has 1 aromatic rings. The van der Waals surface area contributed by atoms with Crippen molar-refractivity contribution >= 4 is 29.6 Å². The Kier molecular flexibility index (Phi) is 20.8. The first kappa shape index (κ1) is 35.6. The van der Waals surface area contributed by atoms with Gasteiger partial charge >= 0.3 is 5.97 Å². The first-order valence-electron chi connectivity index (χ1n) is 12.7. The number of benzene rings is 1. The molecule has 1 atom stereocenters. The topological polar surface area (TPSA) is 122 Å². The predicted molar refractivity (Wildman–Crippen MR) is 148 cm³/mol. The number of allylic oxidation sites excluding steroid dienone is 1. The number of terminal acetylenes is 1. The third-order valence-electron chi connectivity index (χ3n) is 4.51. The number of hydrogen-bond donors (Lipinski definition) is 3. The summed E-state index contributed by atoms with van der Waals surface area (Å²) in [5, 5.41) is 13.6. The summed E-state index contributed by atoms with van der Waals surface area (Å²) in [5.41, 5.74) is 2.24. The van der Waals surface area contributed by atoms with E-state index in [0.29, 0.717) is 0 Å². The van der Waals surface area contributed by atoms with Gasteiger partial charge in [0.15, 0.2) is 5.78 Å². The molecule has 1 aliphatic rings. The second-order valence-electron chi connectivity index (χ2n) is 8.42. The van der Waals surface area contributed by atoms with Crippen molar-refractivity contribution < 1.29 is 29.0 Å². The van der Waals surface area contributed by atoms with E-state index < -0.39 is 24.3 Å². The molecule has 0 bridgehead atoms. The van der Waals surface area contributed by atoms with Crippen molar-refractivity contribution in [3.8, 4) is 18.6 Å². The van der Waals surface area contributed by atoms with Gasteiger partial charge in [-0.05, 0) is 30.4 Å². The van der Waals surface area contributed by atoms with E-state index >= 15 is 0 Å². The number of aliphatic carboxylic acids is 1. The maximum Gasteiger partial charge on any atom is 0.305 e. The van der Waals surface area contributed by atoms with E-state index in [-0.39, 0.29) is 37.7 Å². The van der Waals surface area contributed by atoms with E-state index in [2.05, 4.69) is 56.4 Å². The Bertz CT molecular complexity index is 887. The van der Waals surface area contributed by atoms with Crippen molar-refractivity contribution in [2.75, 3.05) is 13.2 Å². The second kappa shape index (κ2) is 21.7. The van der Waals surface area contributed by atoms with Crippen LogP contribution in [0.2, 0.25) is 0 Å². The maximum absolute atomic E-state index is 11.9. The molecule has 0 fully saturated rings. The number of carbonyl (C=O) groups is 4. The van der Waals surface area contributed by atoms with Crippen molar-refractivity contribution in [3.63, 3.8) is 0 Å². The highest BCUT2D eigenvalue weighted by molar-refractivity contribution is 5.93. The molecule has 1 aromatic carbocycles. The fourth-order valence-electron chi connectivity index (χ4n) is 3.00. The summed E-state index contributed by atoms with van der Waals surface area (Å²) < 4.78 is 5.71. The number of amides is 2. The standard InChI is InChI=1S/C21H26N2O6.C4H10.C2H6.C2H2/c1-2-17(24)16(12-21(27)28)23-20(26)13-22-19(25)10-11-29-18-9-5-7-14-6-3-4-8-15(14)18;1-4(2)3;2*1-2/h4-5,7-9,16H,2-3,6,10-13H2,1H3,(H,22,25)(H,23,26)(H,27,28);4H,1-3H3;1-2H3;1-2H. The lowest BCUT2D eigenvalue weighted by Gasteiger charge is -2.16. The van der Waals surface area contributed by atoms with E-state index in [9.17, 15) is 19.2 Å². The number of fused-ring (bicyclic) bond motifs is 1. The number of carbonyl (C=O) groups excluding carboxylic acids is 3. The predicted octanol–water partition coefficient (Wildman–Crippen LogP) is 4.41. The van der Waals surface area contributed by atoms with Gasteiger partial charge in [-0.25, -0.2) is 0 Å². The van der Waals surface area contributed by atoms with Crippen LogP contribution in [0.3, 0.4) is 0 Å². The minimum Gasteiger partial charge on any atom is -0.492 e. The highest BCUT2D eigenvalue weighted by atomic mass is 16.5. The molecule has 0 aromatic heterocycles. The Hall–Kier alpha value is -3.60. The number of hydrogen-bond acceptors (Lipinski definition) is 5. The van der Waals surface area contributed by atoms with E-state index in [0.717, 1.165) is 30.1 Å². The van der Waals surface area contributed by atoms with Crippen LogP contribution in [0.25, 0.3) is 6.08 Å². The van der Waals surface area contributed by atoms with Gasteiger partial charge in [0.2, 0.25) is 11.8 Å². The van der Waals surface area contributed by atoms with Crippen LogP contribution in [0.15, 0.2) is 24.3 Å². The van der Waals surface area contributed by atoms with Gasteiger partial charge in [-0.3, -0.25) is 19.2 Å². The molecule has 3 N–H and O–H groups in total. The molecule has 0 radical (unpaired) electrons. The minimum atomic E-state index is -1.18. The lowest BCUT2D eigenvalue weighted by atomic mass is 9.97. The van der Waals surface area contributed by atoms with Gasteiger partial charge in [0.25, 0.3) is 0 Å². The Balaban J connectivity index is 0. The Labute approximate surface area is 222 Å². The molecule has 37 heavy (non-hydrogen) atoms. The summed E-state index contributed by atoms with van der Waals surface area (Å²) in [4.78, 5) is 46.4. The second-order valence-corrected chi connectivity index (χ2v) is 8.42. The van der Waals surface area contributed by atoms with Crippen molar-refractivity contribution in [2.24, 2.45) is 5.92 Å². The fraction of sp³-hybridized carbons (Fsp3) is 0.517. The summed E-state index contributed by atoms with van der Waals surface area (Å²) in [6.07, 6.45) is 13.7. The zero-order valence-corrected chi connectivity index (χ0v) is 23.1. The first-order chi connectivity index (χ1) is 17.6. The van der Waals surface area contributed by atoms with Crippen LogP contribution in [0.1, 0.15) is 78.4 Å². The first-order valence-corrected chi connectivity index (χ1v) is 12.7. The molecular weight excluding hydrogens is 472 g/mol. The summed E-state index contributed by atoms with van der Waals surface area (Å²) in [5.74, 6) is -0.998. The van der Waals surface area contributed by atoms with Crippen molar-refractivity contribution in [1.82, 2.24) is 10.6 Å². The smallest absolute Gasteiger partial charge is 0.305 e. The van der Waals surface area contributed by atoms with Gasteiger partial charge in [-0.1, -0.05) is 65.8 Å². The molecule has 2 amide bonds. The lowest BCUT2D eigenvalue weighted by Crippen LogP contribution is -2.46. The molecule has 2 rings (SSSR count). The summed E-state index contributed by atoms with van der Waals surface area (Å²) in [7, 11) is 0. The van der Waals surface area contributed by atoms with Crippen LogP contribution in [-0.2, 0) is 25.6 Å². The van der Waals surface area contributed by atoms with Crippen LogP contribution >= 0.6 is 0 Å². The van der Waals surface area contributed by atoms with Gasteiger partial charge in [-0.15, -0.1) is 12.8 Å². The highest BCUT2D eigenvalue weighted by Gasteiger charge is 2.22. The van der Waals surface area contributed by atoms with E-state index in [1.165, 1.54) is 5.56 Å². The average molecular weight is 517 g/mol. The van der Waals surface area contributed by atoms with Gasteiger partial charge in [0.1, 0.15) is 5.75 Å². The molecule has 0 saturated carbocycles. The molecule has 0 aliphatic heterocycles. The zero-order valence-electron chi connectivity index (χ0n) is 23.1. The maximum atomic E-state index is 11.9. The van der Waals surface area contributed by atoms with Gasteiger partial charge in [0, 0.05) is 12.0 Å². The summed E-state index contributed by atoms with van der Waals surface area (Å²) in [6.45, 7) is 11.9. The summed E-state index contributed by atoms with van der Waals surface area (Å²) >= 11 is 0. The van der Waals surface area contributed by atoms with E-state index in [1.54, 1.807) is 6.92 Å². The molecule has 0 saturated heterocycles. The number of ether oxygens (including phenoxy) is 1. The monoisotopic (exact) mass is 516 g/mol. The summed E-state index contributed by atoms with van der Waals surface area (Å²) in [6, 6.07) is 4.73. The Morgan fingerprint density at radius 3 is 2.27 bits per heavy atom. The number of carboxylic acids is 1. The molecule has 8 heteroatoms. The number of Topliss-reactive ketones (excluding diaryl/α,β-unsaturated/α-hetero) is 1. The minimum absolute atomic E-state index is 0.0626. The molecule has 0 heterocycles.